The molecule has 1 aliphatic rings. The molecule has 48 heavy (non-hydrogen) atoms. The van der Waals surface area contributed by atoms with Gasteiger partial charge in [0.2, 0.25) is 17.7 Å². The number of halogens is 2. The number of nitrogens with one attached hydrogen (secondary N) is 3. The number of hydrogen-bond donors (Lipinski definition) is 4. The van der Waals surface area contributed by atoms with E-state index in [4.69, 9.17) is 0 Å². The molecular formula is C37H49F2N5O4. The Balaban J connectivity index is 1.59. The third-order valence-electron chi connectivity index (χ3n) is 8.73. The third-order valence-corrected chi connectivity index (χ3v) is 8.73. The van der Waals surface area contributed by atoms with Crippen LogP contribution in [0.5, 0.6) is 0 Å². The summed E-state index contributed by atoms with van der Waals surface area (Å²) < 4.78 is 31.2. The molecule has 2 aromatic carbocycles. The van der Waals surface area contributed by atoms with E-state index in [0.717, 1.165) is 43.1 Å². The average molecular weight is 666 g/mol. The van der Waals surface area contributed by atoms with Crippen molar-refractivity contribution in [1.82, 2.24) is 25.4 Å². The van der Waals surface area contributed by atoms with Gasteiger partial charge in [0.15, 0.2) is 0 Å². The predicted molar refractivity (Wildman–Crippen MR) is 182 cm³/mol. The number of aliphatic hydroxyl groups excluding tert-OH is 1. The van der Waals surface area contributed by atoms with E-state index in [1.807, 2.05) is 69.5 Å². The maximum Gasteiger partial charge on any atom is 0.248 e. The Morgan fingerprint density at radius 2 is 1.81 bits per heavy atom. The molecule has 0 unspecified atom stereocenters. The molecule has 3 atom stereocenters. The van der Waals surface area contributed by atoms with E-state index in [0.29, 0.717) is 24.2 Å². The van der Waals surface area contributed by atoms with Crippen LogP contribution in [0.2, 0.25) is 0 Å². The first-order chi connectivity index (χ1) is 22.8. The molecule has 3 amide bonds. The fourth-order valence-corrected chi connectivity index (χ4v) is 6.37. The summed E-state index contributed by atoms with van der Waals surface area (Å²) in [6.45, 7) is 10.6. The zero-order valence-electron chi connectivity index (χ0n) is 28.6. The lowest BCUT2D eigenvalue weighted by Gasteiger charge is -2.41. The fraction of sp³-hybridized carbons (Fsp3) is 0.486. The van der Waals surface area contributed by atoms with Crippen molar-refractivity contribution in [3.63, 3.8) is 0 Å². The van der Waals surface area contributed by atoms with Crippen molar-refractivity contribution < 1.29 is 28.3 Å². The molecule has 11 heteroatoms. The lowest BCUT2D eigenvalue weighted by Crippen LogP contribution is -2.54. The topological polar surface area (TPSA) is 116 Å². The van der Waals surface area contributed by atoms with Gasteiger partial charge in [0, 0.05) is 42.7 Å². The van der Waals surface area contributed by atoms with Gasteiger partial charge >= 0.3 is 0 Å². The Bertz CT molecular complexity index is 1550. The molecule has 9 nitrogen and oxygen atoms in total. The minimum absolute atomic E-state index is 0.106. The van der Waals surface area contributed by atoms with Crippen LogP contribution in [0.25, 0.3) is 11.1 Å². The number of rotatable bonds is 14. The fourth-order valence-electron chi connectivity index (χ4n) is 6.37. The van der Waals surface area contributed by atoms with Crippen LogP contribution in [0.1, 0.15) is 71.2 Å². The maximum atomic E-state index is 15.0. The van der Waals surface area contributed by atoms with Crippen LogP contribution in [0.15, 0.2) is 60.8 Å². The van der Waals surface area contributed by atoms with Crippen LogP contribution < -0.4 is 16.0 Å². The molecule has 4 N–H and O–H groups in total. The molecule has 1 aromatic heterocycles. The molecule has 0 aliphatic carbocycles. The molecule has 4 rings (SSSR count). The van der Waals surface area contributed by atoms with Crippen LogP contribution in [-0.4, -0.2) is 70.6 Å². The normalized spacial score (nSPS) is 16.1. The zero-order valence-corrected chi connectivity index (χ0v) is 28.6. The van der Waals surface area contributed by atoms with Crippen molar-refractivity contribution in [1.29, 1.82) is 0 Å². The van der Waals surface area contributed by atoms with Crippen LogP contribution in [-0.2, 0) is 20.9 Å². The molecule has 1 aliphatic heterocycles. The van der Waals surface area contributed by atoms with E-state index in [1.54, 1.807) is 17.2 Å². The Labute approximate surface area is 282 Å². The molecule has 3 aromatic rings. The smallest absolute Gasteiger partial charge is 0.248 e. The van der Waals surface area contributed by atoms with Gasteiger partial charge in [-0.2, -0.15) is 0 Å². The van der Waals surface area contributed by atoms with Gasteiger partial charge in [0.1, 0.15) is 24.3 Å². The molecule has 0 spiro atoms. The minimum Gasteiger partial charge on any atom is -0.387 e. The van der Waals surface area contributed by atoms with Gasteiger partial charge in [-0.15, -0.1) is 0 Å². The van der Waals surface area contributed by atoms with Gasteiger partial charge in [0.05, 0.1) is 12.1 Å². The SMILES string of the molecule is CC(C)[C@H](NC(=O)[C@@H]1CCCN1)C(=O)NCCCN(C(=O)CO)[C@@H](c1cc(-c2cc(F)ccc2F)cn1Cc1ccccc1)C(C)(C)C. The van der Waals surface area contributed by atoms with E-state index in [9.17, 15) is 28.3 Å². The van der Waals surface area contributed by atoms with Gasteiger partial charge in [-0.3, -0.25) is 14.4 Å². The van der Waals surface area contributed by atoms with E-state index < -0.39 is 41.6 Å². The highest BCUT2D eigenvalue weighted by Gasteiger charge is 2.37. The highest BCUT2D eigenvalue weighted by Crippen LogP contribution is 2.41. The first-order valence-corrected chi connectivity index (χ1v) is 16.7. The van der Waals surface area contributed by atoms with Gasteiger partial charge in [-0.25, -0.2) is 8.78 Å². The second kappa shape index (κ2) is 16.3. The number of aromatic nitrogens is 1. The van der Waals surface area contributed by atoms with Crippen molar-refractivity contribution in [3.05, 3.63) is 83.7 Å². The molecule has 1 saturated heterocycles. The number of carbonyl (C=O) groups is 3. The summed E-state index contributed by atoms with van der Waals surface area (Å²) in [6, 6.07) is 13.2. The second-order valence-corrected chi connectivity index (χ2v) is 13.9. The second-order valence-electron chi connectivity index (χ2n) is 13.9. The quantitative estimate of drug-likeness (QED) is 0.185. The van der Waals surface area contributed by atoms with Gasteiger partial charge < -0.3 is 30.5 Å². The Morgan fingerprint density at radius 3 is 2.44 bits per heavy atom. The summed E-state index contributed by atoms with van der Waals surface area (Å²) in [7, 11) is 0. The van der Waals surface area contributed by atoms with Crippen LogP contribution in [0.3, 0.4) is 0 Å². The van der Waals surface area contributed by atoms with Crippen LogP contribution in [0, 0.1) is 23.0 Å². The molecule has 0 bridgehead atoms. The predicted octanol–water partition coefficient (Wildman–Crippen LogP) is 4.79. The van der Waals surface area contributed by atoms with E-state index >= 15 is 0 Å². The molecular weight excluding hydrogens is 616 g/mol. The molecule has 1 fully saturated rings. The Morgan fingerprint density at radius 1 is 1.08 bits per heavy atom. The number of aliphatic hydroxyl groups is 1. The first kappa shape index (κ1) is 36.7. The van der Waals surface area contributed by atoms with E-state index in [-0.39, 0.29) is 42.4 Å². The largest absolute Gasteiger partial charge is 0.387 e. The van der Waals surface area contributed by atoms with Crippen LogP contribution in [0.4, 0.5) is 8.78 Å². The maximum absolute atomic E-state index is 15.0. The standard InChI is InChI=1S/C37H49F2N5O4/c1-24(2)33(42-35(47)30-13-9-16-40-30)36(48)41-17-10-18-44(32(46)23-45)34(37(3,4)5)31-19-26(28-20-27(38)14-15-29(28)39)22-43(31)21-25-11-7-6-8-12-25/h6-8,11-12,14-15,19-20,22,24,30,33-34,40,45H,9-10,13,16-18,21,23H2,1-5H3,(H,41,48)(H,42,47)/t30-,33-,34-/m0/s1. The van der Waals surface area contributed by atoms with Gasteiger partial charge in [-0.1, -0.05) is 65.0 Å². The highest BCUT2D eigenvalue weighted by atomic mass is 19.1. The molecule has 0 saturated carbocycles. The molecule has 0 radical (unpaired) electrons. The van der Waals surface area contributed by atoms with Gasteiger partial charge in [-0.05, 0) is 67.0 Å². The minimum atomic E-state index is -0.722. The Kier molecular flexibility index (Phi) is 12.5. The molecule has 260 valence electrons. The summed E-state index contributed by atoms with van der Waals surface area (Å²) >= 11 is 0. The summed E-state index contributed by atoms with van der Waals surface area (Å²) in [6.07, 6.45) is 3.78. The summed E-state index contributed by atoms with van der Waals surface area (Å²) in [5.74, 6) is -2.26. The zero-order chi connectivity index (χ0) is 35.0. The number of amides is 3. The van der Waals surface area contributed by atoms with E-state index in [1.165, 1.54) is 0 Å². The van der Waals surface area contributed by atoms with Crippen molar-refractivity contribution in [2.45, 2.75) is 78.6 Å². The number of carbonyl (C=O) groups excluding carboxylic acids is 3. The van der Waals surface area contributed by atoms with Crippen molar-refractivity contribution in [2.24, 2.45) is 11.3 Å². The number of benzene rings is 2. The first-order valence-electron chi connectivity index (χ1n) is 16.7. The average Bonchev–Trinajstić information content (AvgIpc) is 3.72. The summed E-state index contributed by atoms with van der Waals surface area (Å²) in [5.41, 5.74) is 1.68. The third kappa shape index (κ3) is 9.29. The molecule has 2 heterocycles. The Hall–Kier alpha value is -4.09. The van der Waals surface area contributed by atoms with Crippen molar-refractivity contribution >= 4 is 17.7 Å². The van der Waals surface area contributed by atoms with Gasteiger partial charge in [0.25, 0.3) is 0 Å². The summed E-state index contributed by atoms with van der Waals surface area (Å²) in [5, 5.41) is 19.0. The lowest BCUT2D eigenvalue weighted by atomic mass is 9.83. The number of nitrogens with zero attached hydrogens (tertiary/aromatic N) is 2. The van der Waals surface area contributed by atoms with Crippen LogP contribution >= 0.6 is 0 Å². The van der Waals surface area contributed by atoms with Crippen molar-refractivity contribution in [3.8, 4) is 11.1 Å². The summed E-state index contributed by atoms with van der Waals surface area (Å²) in [4.78, 5) is 40.9. The van der Waals surface area contributed by atoms with E-state index in [2.05, 4.69) is 16.0 Å². The monoisotopic (exact) mass is 665 g/mol. The number of hydrogen-bond acceptors (Lipinski definition) is 5. The lowest BCUT2D eigenvalue weighted by molar-refractivity contribution is -0.139. The van der Waals surface area contributed by atoms with Crippen molar-refractivity contribution in [2.75, 3.05) is 26.2 Å². The highest BCUT2D eigenvalue weighted by molar-refractivity contribution is 5.90.